The second-order valence-corrected chi connectivity index (χ2v) is 7.75. The molecule has 1 aromatic heterocycles. The highest BCUT2D eigenvalue weighted by atomic mass is 14.7. The van der Waals surface area contributed by atoms with E-state index in [-0.39, 0.29) is 0 Å². The van der Waals surface area contributed by atoms with Gasteiger partial charge in [0.15, 0.2) is 0 Å². The predicted octanol–water partition coefficient (Wildman–Crippen LogP) is 7.52. The van der Waals surface area contributed by atoms with Gasteiger partial charge in [0.05, 0.1) is 11.2 Å². The van der Waals surface area contributed by atoms with Crippen LogP contribution < -0.4 is 0 Å². The minimum Gasteiger partial charge on any atom is -0.248 e. The van der Waals surface area contributed by atoms with Gasteiger partial charge in [-0.1, -0.05) is 84.4 Å². The van der Waals surface area contributed by atoms with E-state index in [9.17, 15) is 0 Å². The molecule has 29 heavy (non-hydrogen) atoms. The Labute approximate surface area is 170 Å². The zero-order chi connectivity index (χ0) is 19.4. The summed E-state index contributed by atoms with van der Waals surface area (Å²) in [5.41, 5.74) is 12.2. The summed E-state index contributed by atoms with van der Waals surface area (Å²) in [4.78, 5) is 5.04. The van der Waals surface area contributed by atoms with E-state index in [1.807, 2.05) is 0 Å². The lowest BCUT2D eigenvalue weighted by Crippen LogP contribution is -1.88. The second-order valence-electron chi connectivity index (χ2n) is 7.75. The Morgan fingerprint density at radius 2 is 1.17 bits per heavy atom. The Morgan fingerprint density at radius 3 is 2.00 bits per heavy atom. The number of nitrogens with zero attached hydrogens (tertiary/aromatic N) is 1. The molecule has 0 fully saturated rings. The molecule has 0 amide bonds. The van der Waals surface area contributed by atoms with E-state index < -0.39 is 0 Å². The highest BCUT2D eigenvalue weighted by Gasteiger charge is 2.22. The molecule has 0 spiro atoms. The zero-order valence-electron chi connectivity index (χ0n) is 16.2. The Bertz CT molecular complexity index is 1410. The molecule has 1 heterocycles. The maximum Gasteiger partial charge on any atom is 0.0722 e. The second kappa shape index (κ2) is 6.15. The van der Waals surface area contributed by atoms with E-state index >= 15 is 0 Å². The van der Waals surface area contributed by atoms with Crippen molar-refractivity contribution in [2.24, 2.45) is 0 Å². The highest BCUT2D eigenvalue weighted by Crippen LogP contribution is 2.47. The molecule has 0 unspecified atom stereocenters. The first-order valence-electron chi connectivity index (χ1n) is 9.99. The Balaban J connectivity index is 1.56. The van der Waals surface area contributed by atoms with E-state index in [2.05, 4.69) is 104 Å². The van der Waals surface area contributed by atoms with Gasteiger partial charge in [-0.05, 0) is 58.5 Å². The number of aryl methyl sites for hydroxylation is 1. The Morgan fingerprint density at radius 1 is 0.517 bits per heavy atom. The molecule has 0 bridgehead atoms. The lowest BCUT2D eigenvalue weighted by molar-refractivity contribution is 1.40. The molecule has 0 saturated heterocycles. The van der Waals surface area contributed by atoms with Crippen LogP contribution in [-0.2, 0) is 0 Å². The molecule has 1 heteroatoms. The van der Waals surface area contributed by atoms with Crippen LogP contribution in [0.25, 0.3) is 55.5 Å². The monoisotopic (exact) mass is 369 g/mol. The molecule has 4 aromatic carbocycles. The van der Waals surface area contributed by atoms with E-state index in [0.29, 0.717) is 0 Å². The standard InChI is InChI=1S/C28H19N/c1-18-7-4-8-19(15-18)20-9-5-10-21(16-20)27-17-25-23-12-3-2-11-22(23)24-13-6-14-26(29-27)28(24)25/h2-17H,1H3. The van der Waals surface area contributed by atoms with Gasteiger partial charge in [-0.2, -0.15) is 0 Å². The largest absolute Gasteiger partial charge is 0.248 e. The fraction of sp³-hybridized carbons (Fsp3) is 0.0357. The summed E-state index contributed by atoms with van der Waals surface area (Å²) in [6, 6.07) is 34.7. The van der Waals surface area contributed by atoms with Crippen LogP contribution in [0.4, 0.5) is 0 Å². The first-order valence-corrected chi connectivity index (χ1v) is 9.99. The van der Waals surface area contributed by atoms with Gasteiger partial charge in [-0.25, -0.2) is 4.98 Å². The van der Waals surface area contributed by atoms with Gasteiger partial charge in [-0.3, -0.25) is 0 Å². The summed E-state index contributed by atoms with van der Waals surface area (Å²) in [5, 5.41) is 1.27. The van der Waals surface area contributed by atoms with Crippen molar-refractivity contribution in [3.8, 4) is 44.6 Å². The number of hydrogen-bond acceptors (Lipinski definition) is 1. The average Bonchev–Trinajstić information content (AvgIpc) is 3.09. The molecule has 1 aliphatic rings. The van der Waals surface area contributed by atoms with Crippen molar-refractivity contribution in [2.45, 2.75) is 6.92 Å². The Hall–Kier alpha value is -3.71. The number of benzene rings is 4. The fourth-order valence-electron chi connectivity index (χ4n) is 4.51. The summed E-state index contributed by atoms with van der Waals surface area (Å²) in [6.45, 7) is 2.13. The number of rotatable bonds is 2. The third-order valence-electron chi connectivity index (χ3n) is 5.85. The molecule has 1 nitrogen and oxygen atoms in total. The van der Waals surface area contributed by atoms with Crippen LogP contribution in [0.3, 0.4) is 0 Å². The number of pyridine rings is 1. The maximum atomic E-state index is 5.04. The van der Waals surface area contributed by atoms with Gasteiger partial charge in [0, 0.05) is 10.9 Å². The number of fused-ring (bicyclic) bond motifs is 3. The SMILES string of the molecule is Cc1cccc(-c2cccc(-c3cc4c5c(cccc5n3)-c3ccccc3-4)c2)c1. The zero-order valence-corrected chi connectivity index (χ0v) is 16.2. The summed E-state index contributed by atoms with van der Waals surface area (Å²) in [6.07, 6.45) is 0. The van der Waals surface area contributed by atoms with Crippen molar-refractivity contribution in [2.75, 3.05) is 0 Å². The van der Waals surface area contributed by atoms with Crippen LogP contribution in [0.15, 0.2) is 97.1 Å². The van der Waals surface area contributed by atoms with Crippen LogP contribution >= 0.6 is 0 Å². The van der Waals surface area contributed by atoms with Crippen molar-refractivity contribution in [1.82, 2.24) is 4.98 Å². The minimum atomic E-state index is 1.02. The van der Waals surface area contributed by atoms with Crippen molar-refractivity contribution >= 4 is 10.9 Å². The molecule has 136 valence electrons. The summed E-state index contributed by atoms with van der Waals surface area (Å²) < 4.78 is 0. The van der Waals surface area contributed by atoms with E-state index in [0.717, 1.165) is 16.8 Å². The van der Waals surface area contributed by atoms with Gasteiger partial charge in [0.2, 0.25) is 0 Å². The van der Waals surface area contributed by atoms with Gasteiger partial charge < -0.3 is 0 Å². The third-order valence-corrected chi connectivity index (χ3v) is 5.85. The van der Waals surface area contributed by atoms with Crippen LogP contribution in [0, 0.1) is 6.92 Å². The lowest BCUT2D eigenvalue weighted by atomic mass is 9.98. The molecule has 0 N–H and O–H groups in total. The van der Waals surface area contributed by atoms with Gasteiger partial charge in [-0.15, -0.1) is 0 Å². The molecule has 0 saturated carbocycles. The van der Waals surface area contributed by atoms with E-state index in [1.54, 1.807) is 0 Å². The molecular weight excluding hydrogens is 350 g/mol. The molecular formula is C28H19N. The summed E-state index contributed by atoms with van der Waals surface area (Å²) >= 11 is 0. The first-order chi connectivity index (χ1) is 14.3. The molecule has 0 atom stereocenters. The summed E-state index contributed by atoms with van der Waals surface area (Å²) in [7, 11) is 0. The van der Waals surface area contributed by atoms with Crippen LogP contribution in [0.1, 0.15) is 5.56 Å². The molecule has 6 rings (SSSR count). The third kappa shape index (κ3) is 2.51. The van der Waals surface area contributed by atoms with Gasteiger partial charge in [0.1, 0.15) is 0 Å². The smallest absolute Gasteiger partial charge is 0.0722 e. The average molecular weight is 369 g/mol. The normalized spacial score (nSPS) is 11.6. The van der Waals surface area contributed by atoms with Gasteiger partial charge >= 0.3 is 0 Å². The van der Waals surface area contributed by atoms with Crippen molar-refractivity contribution in [3.05, 3.63) is 103 Å². The molecule has 0 aliphatic heterocycles. The van der Waals surface area contributed by atoms with E-state index in [4.69, 9.17) is 4.98 Å². The maximum absolute atomic E-state index is 5.04. The predicted molar refractivity (Wildman–Crippen MR) is 122 cm³/mol. The topological polar surface area (TPSA) is 12.9 Å². The minimum absolute atomic E-state index is 1.02. The van der Waals surface area contributed by atoms with E-state index in [1.165, 1.54) is 44.3 Å². The molecule has 0 radical (unpaired) electrons. The van der Waals surface area contributed by atoms with Crippen molar-refractivity contribution in [1.29, 1.82) is 0 Å². The Kier molecular flexibility index (Phi) is 3.45. The quantitative estimate of drug-likeness (QED) is 0.307. The van der Waals surface area contributed by atoms with Crippen molar-refractivity contribution < 1.29 is 0 Å². The van der Waals surface area contributed by atoms with Gasteiger partial charge in [0.25, 0.3) is 0 Å². The number of aromatic nitrogens is 1. The lowest BCUT2D eigenvalue weighted by Gasteiger charge is -2.09. The van der Waals surface area contributed by atoms with Crippen LogP contribution in [0.2, 0.25) is 0 Å². The molecule has 5 aromatic rings. The summed E-state index contributed by atoms with van der Waals surface area (Å²) in [5.74, 6) is 0. The fourth-order valence-corrected chi connectivity index (χ4v) is 4.51. The van der Waals surface area contributed by atoms with Crippen LogP contribution in [0.5, 0.6) is 0 Å². The number of hydrogen-bond donors (Lipinski definition) is 0. The molecule has 1 aliphatic carbocycles. The van der Waals surface area contributed by atoms with Crippen molar-refractivity contribution in [3.63, 3.8) is 0 Å². The highest BCUT2D eigenvalue weighted by molar-refractivity contribution is 6.14. The first kappa shape index (κ1) is 16.3. The van der Waals surface area contributed by atoms with Crippen LogP contribution in [-0.4, -0.2) is 4.98 Å².